The van der Waals surface area contributed by atoms with Crippen LogP contribution in [-0.4, -0.2) is 28.8 Å². The number of aromatic nitrogens is 1. The number of amides is 3. The van der Waals surface area contributed by atoms with Crippen LogP contribution in [-0.2, 0) is 4.79 Å². The third kappa shape index (κ3) is 2.50. The Morgan fingerprint density at radius 2 is 1.85 bits per heavy atom. The van der Waals surface area contributed by atoms with Gasteiger partial charge in [0.2, 0.25) is 0 Å². The second kappa shape index (κ2) is 5.62. The molecular formula is C18H10F3N3O2. The molecule has 1 aliphatic carbocycles. The zero-order valence-corrected chi connectivity index (χ0v) is 13.1. The normalized spacial score (nSPS) is 20.1. The molecule has 0 fully saturated rings. The summed E-state index contributed by atoms with van der Waals surface area (Å²) in [7, 11) is 0. The van der Waals surface area contributed by atoms with Gasteiger partial charge in [0, 0.05) is 17.0 Å². The minimum atomic E-state index is -4.53. The van der Waals surface area contributed by atoms with Crippen LogP contribution in [0.25, 0.3) is 10.8 Å². The molecule has 130 valence electrons. The Morgan fingerprint density at radius 1 is 1.08 bits per heavy atom. The van der Waals surface area contributed by atoms with E-state index in [1.54, 1.807) is 30.5 Å². The van der Waals surface area contributed by atoms with Gasteiger partial charge in [0.1, 0.15) is 0 Å². The van der Waals surface area contributed by atoms with Crippen molar-refractivity contribution in [2.75, 3.05) is 4.90 Å². The lowest BCUT2D eigenvalue weighted by molar-refractivity contribution is -0.149. The molecule has 8 heteroatoms. The molecule has 0 spiro atoms. The van der Waals surface area contributed by atoms with Gasteiger partial charge in [-0.2, -0.15) is 18.2 Å². The minimum Gasteiger partial charge on any atom is -0.268 e. The van der Waals surface area contributed by atoms with Gasteiger partial charge in [0.25, 0.3) is 5.91 Å². The lowest BCUT2D eigenvalue weighted by Crippen LogP contribution is -2.43. The van der Waals surface area contributed by atoms with Crippen LogP contribution in [0.1, 0.15) is 0 Å². The van der Waals surface area contributed by atoms with Crippen LogP contribution in [0.5, 0.6) is 0 Å². The first-order valence-electron chi connectivity index (χ1n) is 7.63. The number of pyridine rings is 1. The standard InChI is InChI=1S/C18H10F3N3O2/c19-18(20,21)11-5-6-14-13(7-11)16(25)24(17(26)23-14)15-9-22-8-10-3-1-2-4-12(10)15/h1-9,11H. The van der Waals surface area contributed by atoms with Crippen LogP contribution in [0.3, 0.4) is 0 Å². The van der Waals surface area contributed by atoms with E-state index in [0.717, 1.165) is 23.1 Å². The van der Waals surface area contributed by atoms with E-state index in [1.807, 2.05) is 0 Å². The van der Waals surface area contributed by atoms with Crippen LogP contribution in [0, 0.1) is 5.92 Å². The number of halogens is 3. The fourth-order valence-electron chi connectivity index (χ4n) is 2.94. The number of hydrogen-bond donors (Lipinski definition) is 0. The Bertz CT molecular complexity index is 1030. The molecular weight excluding hydrogens is 347 g/mol. The molecule has 0 N–H and O–H groups in total. The van der Waals surface area contributed by atoms with Gasteiger partial charge in [-0.25, -0.2) is 9.69 Å². The summed E-state index contributed by atoms with van der Waals surface area (Å²) in [5, 5.41) is 1.26. The van der Waals surface area contributed by atoms with Gasteiger partial charge in [-0.05, 0) is 6.08 Å². The minimum absolute atomic E-state index is 0.0649. The van der Waals surface area contributed by atoms with Crippen molar-refractivity contribution in [2.24, 2.45) is 10.9 Å². The highest BCUT2D eigenvalue weighted by molar-refractivity contribution is 6.41. The van der Waals surface area contributed by atoms with Gasteiger partial charge in [0.15, 0.2) is 0 Å². The van der Waals surface area contributed by atoms with E-state index in [2.05, 4.69) is 9.98 Å². The van der Waals surface area contributed by atoms with Crippen molar-refractivity contribution in [3.63, 3.8) is 0 Å². The number of allylic oxidation sites excluding steroid dienone is 3. The molecule has 2 aliphatic rings. The number of hydrogen-bond acceptors (Lipinski definition) is 3. The monoisotopic (exact) mass is 357 g/mol. The van der Waals surface area contributed by atoms with Gasteiger partial charge in [-0.3, -0.25) is 9.78 Å². The van der Waals surface area contributed by atoms with Gasteiger partial charge >= 0.3 is 12.2 Å². The molecule has 0 saturated carbocycles. The summed E-state index contributed by atoms with van der Waals surface area (Å²) >= 11 is 0. The van der Waals surface area contributed by atoms with Crippen molar-refractivity contribution in [1.82, 2.24) is 4.98 Å². The van der Waals surface area contributed by atoms with E-state index >= 15 is 0 Å². The van der Waals surface area contributed by atoms with Crippen molar-refractivity contribution < 1.29 is 22.8 Å². The Balaban J connectivity index is 1.85. The number of carbonyl (C=O) groups excluding carboxylic acids is 2. The number of urea groups is 1. The van der Waals surface area contributed by atoms with Crippen molar-refractivity contribution in [3.05, 3.63) is 60.5 Å². The number of benzene rings is 1. The molecule has 5 nitrogen and oxygen atoms in total. The molecule has 0 bridgehead atoms. The first kappa shape index (κ1) is 16.2. The van der Waals surface area contributed by atoms with E-state index in [4.69, 9.17) is 0 Å². The summed E-state index contributed by atoms with van der Waals surface area (Å²) < 4.78 is 39.0. The average molecular weight is 357 g/mol. The van der Waals surface area contributed by atoms with Crippen LogP contribution in [0.4, 0.5) is 23.7 Å². The second-order valence-electron chi connectivity index (χ2n) is 5.81. The van der Waals surface area contributed by atoms with Crippen molar-refractivity contribution in [3.8, 4) is 0 Å². The Morgan fingerprint density at radius 3 is 2.62 bits per heavy atom. The maximum Gasteiger partial charge on any atom is 0.398 e. The van der Waals surface area contributed by atoms with E-state index in [-0.39, 0.29) is 17.0 Å². The first-order valence-corrected chi connectivity index (χ1v) is 7.63. The molecule has 26 heavy (non-hydrogen) atoms. The highest BCUT2D eigenvalue weighted by Crippen LogP contribution is 2.35. The van der Waals surface area contributed by atoms with E-state index in [0.29, 0.717) is 10.8 Å². The summed E-state index contributed by atoms with van der Waals surface area (Å²) in [5.41, 5.74) is -0.132. The Hall–Kier alpha value is -3.29. The largest absolute Gasteiger partial charge is 0.398 e. The number of rotatable bonds is 1. The predicted octanol–water partition coefficient (Wildman–Crippen LogP) is 3.82. The van der Waals surface area contributed by atoms with Crippen LogP contribution in [0.2, 0.25) is 0 Å². The van der Waals surface area contributed by atoms with Crippen LogP contribution >= 0.6 is 0 Å². The molecule has 1 aromatic heterocycles. The molecule has 0 radical (unpaired) electrons. The average Bonchev–Trinajstić information content (AvgIpc) is 2.61. The number of anilines is 1. The van der Waals surface area contributed by atoms with E-state index in [1.165, 1.54) is 6.20 Å². The maximum atomic E-state index is 13.0. The quantitative estimate of drug-likeness (QED) is 0.780. The molecule has 1 atom stereocenters. The number of carbonyl (C=O) groups is 2. The van der Waals surface area contributed by atoms with Crippen LogP contribution in [0.15, 0.2) is 65.5 Å². The summed E-state index contributed by atoms with van der Waals surface area (Å²) in [6.45, 7) is 0. The number of imide groups is 1. The smallest absolute Gasteiger partial charge is 0.268 e. The van der Waals surface area contributed by atoms with Gasteiger partial charge < -0.3 is 0 Å². The Kier molecular flexibility index (Phi) is 3.50. The zero-order valence-electron chi connectivity index (χ0n) is 13.1. The molecule has 2 heterocycles. The highest BCUT2D eigenvalue weighted by Gasteiger charge is 2.42. The van der Waals surface area contributed by atoms with Crippen molar-refractivity contribution in [1.29, 1.82) is 0 Å². The summed E-state index contributed by atoms with van der Waals surface area (Å²) in [6.07, 6.45) is 1.08. The van der Waals surface area contributed by atoms with Gasteiger partial charge in [-0.1, -0.05) is 36.4 Å². The third-order valence-electron chi connectivity index (χ3n) is 4.19. The lowest BCUT2D eigenvalue weighted by atomic mass is 9.93. The molecule has 0 saturated heterocycles. The fraction of sp³-hybridized carbons (Fsp3) is 0.111. The molecule has 3 amide bonds. The SMILES string of the molecule is O=C1N=C2C=CC(C(F)(F)F)C=C2C(=O)N1c1cncc2ccccc12. The van der Waals surface area contributed by atoms with E-state index in [9.17, 15) is 22.8 Å². The third-order valence-corrected chi connectivity index (χ3v) is 4.19. The highest BCUT2D eigenvalue weighted by atomic mass is 19.4. The number of alkyl halides is 3. The van der Waals surface area contributed by atoms with Gasteiger partial charge in [-0.15, -0.1) is 0 Å². The summed E-state index contributed by atoms with van der Waals surface area (Å²) in [4.78, 5) is 33.7. The van der Waals surface area contributed by atoms with E-state index < -0.39 is 24.0 Å². The predicted molar refractivity (Wildman–Crippen MR) is 88.8 cm³/mol. The molecule has 1 aromatic carbocycles. The first-order chi connectivity index (χ1) is 12.4. The lowest BCUT2D eigenvalue weighted by Gasteiger charge is -2.28. The summed E-state index contributed by atoms with van der Waals surface area (Å²) in [5.74, 6) is -2.75. The maximum absolute atomic E-state index is 13.0. The molecule has 1 unspecified atom stereocenters. The molecule has 1 aliphatic heterocycles. The number of nitrogens with zero attached hydrogens (tertiary/aromatic N) is 3. The van der Waals surface area contributed by atoms with Crippen molar-refractivity contribution in [2.45, 2.75) is 6.18 Å². The number of aliphatic imine (C=N–C) groups is 1. The Labute approximate surface area is 145 Å². The number of fused-ring (bicyclic) bond motifs is 2. The van der Waals surface area contributed by atoms with Crippen LogP contribution < -0.4 is 4.90 Å². The second-order valence-corrected chi connectivity index (χ2v) is 5.81. The van der Waals surface area contributed by atoms with Gasteiger partial charge in [0.05, 0.1) is 29.1 Å². The topological polar surface area (TPSA) is 62.6 Å². The zero-order chi connectivity index (χ0) is 18.5. The fourth-order valence-corrected chi connectivity index (χ4v) is 2.94. The summed E-state index contributed by atoms with van der Waals surface area (Å²) in [6, 6.07) is 6.07. The molecule has 4 rings (SSSR count). The molecule has 2 aromatic rings. The van der Waals surface area contributed by atoms with Crippen molar-refractivity contribution >= 4 is 34.1 Å².